The van der Waals surface area contributed by atoms with Gasteiger partial charge in [0.05, 0.1) is 6.04 Å². The van der Waals surface area contributed by atoms with Gasteiger partial charge in [-0.3, -0.25) is 14.6 Å². The fourth-order valence-electron chi connectivity index (χ4n) is 3.74. The smallest absolute Gasteiger partial charge is 0.313 e. The summed E-state index contributed by atoms with van der Waals surface area (Å²) < 4.78 is 13.3. The lowest BCUT2D eigenvalue weighted by Crippen LogP contribution is -2.44. The summed E-state index contributed by atoms with van der Waals surface area (Å²) in [6, 6.07) is 15.4. The van der Waals surface area contributed by atoms with Crippen LogP contribution < -0.4 is 0 Å². The van der Waals surface area contributed by atoms with Crippen LogP contribution in [0.5, 0.6) is 0 Å². The van der Waals surface area contributed by atoms with Crippen molar-refractivity contribution in [3.05, 3.63) is 101 Å². The fraction of sp³-hybridized carbons (Fsp3) is 0.136. The second-order valence-electron chi connectivity index (χ2n) is 6.69. The molecule has 1 N–H and O–H groups in total. The van der Waals surface area contributed by atoms with Crippen LogP contribution >= 0.6 is 0 Å². The molecule has 2 atom stereocenters. The molecule has 0 unspecified atom stereocenters. The topological polar surface area (TPSA) is 70.5 Å². The molecule has 6 heteroatoms. The average molecular weight is 376 g/mol. The minimum absolute atomic E-state index is 0.163. The summed E-state index contributed by atoms with van der Waals surface area (Å²) in [6.07, 6.45) is 3.18. The maximum absolute atomic E-state index is 13.3. The molecule has 1 aromatic heterocycles. The summed E-state index contributed by atoms with van der Waals surface area (Å²) in [7, 11) is 0. The molecular weight excluding hydrogens is 359 g/mol. The third-order valence-electron chi connectivity index (χ3n) is 5.00. The number of carboxylic acid groups (broad SMARTS) is 1. The van der Waals surface area contributed by atoms with E-state index in [1.807, 2.05) is 0 Å². The Labute approximate surface area is 161 Å². The first-order valence-electron chi connectivity index (χ1n) is 8.83. The molecule has 0 bridgehead atoms. The highest BCUT2D eigenvalue weighted by Crippen LogP contribution is 2.43. The van der Waals surface area contributed by atoms with Crippen molar-refractivity contribution in [2.75, 3.05) is 0 Å². The van der Waals surface area contributed by atoms with Crippen molar-refractivity contribution in [2.45, 2.75) is 18.5 Å². The molecule has 2 heterocycles. The Morgan fingerprint density at radius 2 is 1.82 bits per heavy atom. The summed E-state index contributed by atoms with van der Waals surface area (Å²) in [5, 5.41) is 10.0. The Kier molecular flexibility index (Phi) is 4.61. The molecule has 4 rings (SSSR count). The third kappa shape index (κ3) is 3.13. The van der Waals surface area contributed by atoms with E-state index in [0.717, 1.165) is 0 Å². The van der Waals surface area contributed by atoms with Crippen LogP contribution in [0.3, 0.4) is 0 Å². The van der Waals surface area contributed by atoms with Gasteiger partial charge in [0, 0.05) is 24.5 Å². The van der Waals surface area contributed by atoms with Crippen molar-refractivity contribution < 1.29 is 19.1 Å². The minimum atomic E-state index is -1.02. The summed E-state index contributed by atoms with van der Waals surface area (Å²) in [4.78, 5) is 31.2. The average Bonchev–Trinajstić information content (AvgIpc) is 2.71. The number of benzene rings is 2. The van der Waals surface area contributed by atoms with Gasteiger partial charge in [-0.25, -0.2) is 4.39 Å². The molecule has 2 aromatic carbocycles. The van der Waals surface area contributed by atoms with Gasteiger partial charge in [-0.1, -0.05) is 36.4 Å². The van der Waals surface area contributed by atoms with Crippen LogP contribution in [0.25, 0.3) is 0 Å². The molecule has 1 amide bonds. The molecule has 0 saturated heterocycles. The lowest BCUT2D eigenvalue weighted by molar-refractivity contribution is -0.140. The second-order valence-corrected chi connectivity index (χ2v) is 6.69. The summed E-state index contributed by atoms with van der Waals surface area (Å²) in [5.74, 6) is -2.57. The van der Waals surface area contributed by atoms with Crippen LogP contribution in [0.15, 0.2) is 73.1 Å². The number of aromatic nitrogens is 1. The van der Waals surface area contributed by atoms with E-state index in [9.17, 15) is 19.1 Å². The molecule has 1 aliphatic rings. The van der Waals surface area contributed by atoms with E-state index in [4.69, 9.17) is 0 Å². The zero-order valence-electron chi connectivity index (χ0n) is 14.8. The van der Waals surface area contributed by atoms with Crippen LogP contribution in [0.2, 0.25) is 0 Å². The van der Waals surface area contributed by atoms with Crippen molar-refractivity contribution in [1.29, 1.82) is 0 Å². The highest BCUT2D eigenvalue weighted by Gasteiger charge is 2.44. The summed E-state index contributed by atoms with van der Waals surface area (Å²) >= 11 is 0. The zero-order valence-corrected chi connectivity index (χ0v) is 14.8. The van der Waals surface area contributed by atoms with Crippen LogP contribution in [-0.4, -0.2) is 26.9 Å². The molecule has 28 heavy (non-hydrogen) atoms. The fourth-order valence-corrected chi connectivity index (χ4v) is 3.74. The minimum Gasteiger partial charge on any atom is -0.481 e. The highest BCUT2D eigenvalue weighted by molar-refractivity contribution is 6.00. The summed E-state index contributed by atoms with van der Waals surface area (Å²) in [5.41, 5.74) is 2.22. The van der Waals surface area contributed by atoms with Gasteiger partial charge in [-0.05, 0) is 41.0 Å². The Morgan fingerprint density at radius 3 is 2.50 bits per heavy atom. The van der Waals surface area contributed by atoms with Crippen molar-refractivity contribution in [3.63, 3.8) is 0 Å². The van der Waals surface area contributed by atoms with Gasteiger partial charge < -0.3 is 10.0 Å². The van der Waals surface area contributed by atoms with Gasteiger partial charge in [0.25, 0.3) is 5.91 Å². The number of halogens is 1. The highest BCUT2D eigenvalue weighted by atomic mass is 19.1. The number of carboxylic acids is 1. The Morgan fingerprint density at radius 1 is 1.07 bits per heavy atom. The van der Waals surface area contributed by atoms with Gasteiger partial charge in [0.1, 0.15) is 11.7 Å². The van der Waals surface area contributed by atoms with Gasteiger partial charge in [0.15, 0.2) is 0 Å². The largest absolute Gasteiger partial charge is 0.481 e. The number of rotatable bonds is 4. The molecule has 140 valence electrons. The first-order valence-corrected chi connectivity index (χ1v) is 8.83. The predicted molar refractivity (Wildman–Crippen MR) is 100 cm³/mol. The molecule has 0 spiro atoms. The van der Waals surface area contributed by atoms with Gasteiger partial charge in [-0.2, -0.15) is 0 Å². The van der Waals surface area contributed by atoms with E-state index in [0.29, 0.717) is 22.3 Å². The first-order chi connectivity index (χ1) is 13.6. The van der Waals surface area contributed by atoms with Crippen LogP contribution in [-0.2, 0) is 11.3 Å². The SMILES string of the molecule is O=C(O)[C@H]1c2ccccc2C(=O)N(Cc2ccc(F)cc2)[C@H]1c1cccnc1. The first kappa shape index (κ1) is 17.9. The standard InChI is InChI=1S/C22H17FN2O3/c23-16-9-7-14(8-10-16)13-25-20(15-4-3-11-24-12-15)19(22(27)28)17-5-1-2-6-18(17)21(25)26/h1-12,19-20H,13H2,(H,27,28)/t19-,20-/m0/s1. The van der Waals surface area contributed by atoms with Crippen LogP contribution in [0, 0.1) is 5.82 Å². The number of pyridine rings is 1. The van der Waals surface area contributed by atoms with Crippen molar-refractivity contribution in [2.24, 2.45) is 0 Å². The van der Waals surface area contributed by atoms with E-state index < -0.39 is 17.9 Å². The van der Waals surface area contributed by atoms with Gasteiger partial charge >= 0.3 is 5.97 Å². The van der Waals surface area contributed by atoms with Crippen LogP contribution in [0.1, 0.15) is 39.0 Å². The number of amides is 1. The molecular formula is C22H17FN2O3. The van der Waals surface area contributed by atoms with Gasteiger partial charge in [-0.15, -0.1) is 0 Å². The molecule has 0 fully saturated rings. The van der Waals surface area contributed by atoms with Crippen molar-refractivity contribution in [1.82, 2.24) is 9.88 Å². The van der Waals surface area contributed by atoms with E-state index in [1.54, 1.807) is 60.9 Å². The molecule has 0 aliphatic carbocycles. The Balaban J connectivity index is 1.86. The quantitative estimate of drug-likeness (QED) is 0.752. The third-order valence-corrected chi connectivity index (χ3v) is 5.00. The van der Waals surface area contributed by atoms with Gasteiger partial charge in [0.2, 0.25) is 0 Å². The molecule has 0 radical (unpaired) electrons. The summed E-state index contributed by atoms with van der Waals surface area (Å²) in [6.45, 7) is 0.163. The second kappa shape index (κ2) is 7.23. The monoisotopic (exact) mass is 376 g/mol. The van der Waals surface area contributed by atoms with E-state index in [1.165, 1.54) is 17.0 Å². The predicted octanol–water partition coefficient (Wildman–Crippen LogP) is 3.79. The van der Waals surface area contributed by atoms with E-state index >= 15 is 0 Å². The zero-order chi connectivity index (χ0) is 19.7. The Hall–Kier alpha value is -3.54. The Bertz CT molecular complexity index is 1020. The molecule has 0 saturated carbocycles. The maximum atomic E-state index is 13.3. The van der Waals surface area contributed by atoms with Crippen molar-refractivity contribution in [3.8, 4) is 0 Å². The number of carbonyl (C=O) groups is 2. The van der Waals surface area contributed by atoms with E-state index in [-0.39, 0.29) is 18.3 Å². The normalized spacial score (nSPS) is 18.6. The number of hydrogen-bond donors (Lipinski definition) is 1. The van der Waals surface area contributed by atoms with Crippen molar-refractivity contribution >= 4 is 11.9 Å². The number of carbonyl (C=O) groups excluding carboxylic acids is 1. The molecule has 5 nitrogen and oxygen atoms in total. The van der Waals surface area contributed by atoms with Crippen LogP contribution in [0.4, 0.5) is 4.39 Å². The number of hydrogen-bond acceptors (Lipinski definition) is 3. The number of aliphatic carboxylic acids is 1. The number of fused-ring (bicyclic) bond motifs is 1. The van der Waals surface area contributed by atoms with E-state index in [2.05, 4.69) is 4.98 Å². The maximum Gasteiger partial charge on any atom is 0.313 e. The lowest BCUT2D eigenvalue weighted by atomic mass is 9.80. The number of nitrogens with zero attached hydrogens (tertiary/aromatic N) is 2. The lowest BCUT2D eigenvalue weighted by Gasteiger charge is -2.40. The molecule has 3 aromatic rings. The molecule has 1 aliphatic heterocycles.